The first-order valence-electron chi connectivity index (χ1n) is 6.37. The lowest BCUT2D eigenvalue weighted by atomic mass is 9.95. The SMILES string of the molecule is CC1CCN(C(=O)Cc2c(F)cccc2F)CC1O. The lowest BCUT2D eigenvalue weighted by Crippen LogP contribution is -2.46. The van der Waals surface area contributed by atoms with Gasteiger partial charge in [-0.25, -0.2) is 8.78 Å². The molecule has 104 valence electrons. The van der Waals surface area contributed by atoms with Crippen LogP contribution in [-0.2, 0) is 11.2 Å². The van der Waals surface area contributed by atoms with Crippen LogP contribution in [0.2, 0.25) is 0 Å². The second-order valence-corrected chi connectivity index (χ2v) is 5.05. The van der Waals surface area contributed by atoms with Crippen molar-refractivity contribution in [3.05, 3.63) is 35.4 Å². The normalized spacial score (nSPS) is 23.5. The molecule has 1 saturated heterocycles. The molecule has 2 rings (SSSR count). The minimum Gasteiger partial charge on any atom is -0.391 e. The Labute approximate surface area is 110 Å². The summed E-state index contributed by atoms with van der Waals surface area (Å²) in [6.45, 7) is 2.67. The van der Waals surface area contributed by atoms with Crippen molar-refractivity contribution in [3.8, 4) is 0 Å². The van der Waals surface area contributed by atoms with Crippen molar-refractivity contribution in [2.75, 3.05) is 13.1 Å². The fourth-order valence-corrected chi connectivity index (χ4v) is 2.24. The number of nitrogens with zero attached hydrogens (tertiary/aromatic N) is 1. The summed E-state index contributed by atoms with van der Waals surface area (Å²) >= 11 is 0. The predicted molar refractivity (Wildman–Crippen MR) is 66.4 cm³/mol. The van der Waals surface area contributed by atoms with Crippen LogP contribution in [0, 0.1) is 17.6 Å². The fourth-order valence-electron chi connectivity index (χ4n) is 2.24. The van der Waals surface area contributed by atoms with Crippen LogP contribution >= 0.6 is 0 Å². The number of rotatable bonds is 2. The number of β-amino-alcohol motifs (C(OH)–C–C–N with tert-alkyl or cyclic N) is 1. The lowest BCUT2D eigenvalue weighted by Gasteiger charge is -2.34. The molecule has 0 saturated carbocycles. The number of hydrogen-bond donors (Lipinski definition) is 1. The maximum absolute atomic E-state index is 13.5. The monoisotopic (exact) mass is 269 g/mol. The topological polar surface area (TPSA) is 40.5 Å². The van der Waals surface area contributed by atoms with Gasteiger partial charge in [-0.3, -0.25) is 4.79 Å². The minimum absolute atomic E-state index is 0.147. The van der Waals surface area contributed by atoms with E-state index in [0.29, 0.717) is 13.0 Å². The Bertz CT molecular complexity index is 458. The number of benzene rings is 1. The second-order valence-electron chi connectivity index (χ2n) is 5.05. The van der Waals surface area contributed by atoms with Gasteiger partial charge in [-0.1, -0.05) is 13.0 Å². The van der Waals surface area contributed by atoms with E-state index in [1.807, 2.05) is 6.92 Å². The molecule has 2 atom stereocenters. The van der Waals surface area contributed by atoms with E-state index in [1.54, 1.807) is 0 Å². The van der Waals surface area contributed by atoms with Crippen molar-refractivity contribution >= 4 is 5.91 Å². The van der Waals surface area contributed by atoms with Crippen molar-refractivity contribution in [2.24, 2.45) is 5.92 Å². The molecule has 3 nitrogen and oxygen atoms in total. The van der Waals surface area contributed by atoms with E-state index < -0.39 is 17.7 Å². The Morgan fingerprint density at radius 3 is 2.63 bits per heavy atom. The van der Waals surface area contributed by atoms with Gasteiger partial charge >= 0.3 is 0 Å². The Morgan fingerprint density at radius 2 is 2.05 bits per heavy atom. The number of aliphatic hydroxyl groups is 1. The highest BCUT2D eigenvalue weighted by Gasteiger charge is 2.28. The number of carbonyl (C=O) groups excluding carboxylic acids is 1. The summed E-state index contributed by atoms with van der Waals surface area (Å²) < 4.78 is 26.9. The quantitative estimate of drug-likeness (QED) is 0.888. The predicted octanol–water partition coefficient (Wildman–Crippen LogP) is 1.74. The van der Waals surface area contributed by atoms with Gasteiger partial charge in [-0.15, -0.1) is 0 Å². The summed E-state index contributed by atoms with van der Waals surface area (Å²) in [4.78, 5) is 13.5. The molecule has 1 aliphatic heterocycles. The number of piperidine rings is 1. The van der Waals surface area contributed by atoms with Gasteiger partial charge < -0.3 is 10.0 Å². The Hall–Kier alpha value is -1.49. The van der Waals surface area contributed by atoms with Gasteiger partial charge in [0.15, 0.2) is 0 Å². The molecule has 0 spiro atoms. The van der Waals surface area contributed by atoms with Crippen LogP contribution in [0.15, 0.2) is 18.2 Å². The van der Waals surface area contributed by atoms with E-state index in [1.165, 1.54) is 11.0 Å². The summed E-state index contributed by atoms with van der Waals surface area (Å²) in [6, 6.07) is 3.54. The fraction of sp³-hybridized carbons (Fsp3) is 0.500. The molecule has 0 aliphatic carbocycles. The first kappa shape index (κ1) is 13.9. The Kier molecular flexibility index (Phi) is 4.14. The van der Waals surface area contributed by atoms with Crippen LogP contribution in [-0.4, -0.2) is 35.1 Å². The number of aliphatic hydroxyl groups excluding tert-OH is 1. The minimum atomic E-state index is -0.709. The molecule has 1 N–H and O–H groups in total. The van der Waals surface area contributed by atoms with E-state index >= 15 is 0 Å². The zero-order valence-electron chi connectivity index (χ0n) is 10.8. The van der Waals surface area contributed by atoms with Crippen LogP contribution in [0.25, 0.3) is 0 Å². The smallest absolute Gasteiger partial charge is 0.227 e. The molecular weight excluding hydrogens is 252 g/mol. The standard InChI is InChI=1S/C14H17F2NO2/c1-9-5-6-17(8-13(9)18)14(19)7-10-11(15)3-2-4-12(10)16/h2-4,9,13,18H,5-8H2,1H3. The zero-order chi connectivity index (χ0) is 14.0. The zero-order valence-corrected chi connectivity index (χ0v) is 10.8. The average molecular weight is 269 g/mol. The molecule has 1 aromatic carbocycles. The van der Waals surface area contributed by atoms with E-state index in [4.69, 9.17) is 0 Å². The maximum atomic E-state index is 13.5. The Morgan fingerprint density at radius 1 is 1.42 bits per heavy atom. The van der Waals surface area contributed by atoms with Gasteiger partial charge in [-0.2, -0.15) is 0 Å². The molecule has 1 amide bonds. The van der Waals surface area contributed by atoms with Gasteiger partial charge in [0.2, 0.25) is 5.91 Å². The van der Waals surface area contributed by atoms with Crippen molar-refractivity contribution < 1.29 is 18.7 Å². The van der Waals surface area contributed by atoms with Crippen LogP contribution in [0.4, 0.5) is 8.78 Å². The molecular formula is C14H17F2NO2. The molecule has 1 heterocycles. The van der Waals surface area contributed by atoms with Gasteiger partial charge in [0.05, 0.1) is 12.5 Å². The van der Waals surface area contributed by atoms with Crippen LogP contribution < -0.4 is 0 Å². The van der Waals surface area contributed by atoms with Crippen molar-refractivity contribution in [1.82, 2.24) is 4.90 Å². The van der Waals surface area contributed by atoms with Crippen molar-refractivity contribution in [1.29, 1.82) is 0 Å². The number of likely N-dealkylation sites (tertiary alicyclic amines) is 1. The summed E-state index contributed by atoms with van der Waals surface area (Å²) in [6.07, 6.45) is -0.171. The van der Waals surface area contributed by atoms with E-state index in [0.717, 1.165) is 12.1 Å². The van der Waals surface area contributed by atoms with E-state index in [9.17, 15) is 18.7 Å². The summed E-state index contributed by atoms with van der Waals surface area (Å²) in [5, 5.41) is 9.73. The summed E-state index contributed by atoms with van der Waals surface area (Å²) in [5.41, 5.74) is -0.208. The number of carbonyl (C=O) groups is 1. The summed E-state index contributed by atoms with van der Waals surface area (Å²) in [5.74, 6) is -1.62. The van der Waals surface area contributed by atoms with Crippen LogP contribution in [0.3, 0.4) is 0 Å². The van der Waals surface area contributed by atoms with E-state index in [2.05, 4.69) is 0 Å². The summed E-state index contributed by atoms with van der Waals surface area (Å²) in [7, 11) is 0. The largest absolute Gasteiger partial charge is 0.391 e. The molecule has 0 radical (unpaired) electrons. The third-order valence-corrected chi connectivity index (χ3v) is 3.66. The molecule has 19 heavy (non-hydrogen) atoms. The average Bonchev–Trinajstić information content (AvgIpc) is 2.37. The first-order valence-corrected chi connectivity index (χ1v) is 6.37. The van der Waals surface area contributed by atoms with Gasteiger partial charge in [0.25, 0.3) is 0 Å². The Balaban J connectivity index is 2.05. The highest BCUT2D eigenvalue weighted by molar-refractivity contribution is 5.79. The number of hydrogen-bond acceptors (Lipinski definition) is 2. The van der Waals surface area contributed by atoms with Crippen LogP contribution in [0.1, 0.15) is 18.9 Å². The molecule has 0 bridgehead atoms. The third-order valence-electron chi connectivity index (χ3n) is 3.66. The van der Waals surface area contributed by atoms with Gasteiger partial charge in [0, 0.05) is 18.7 Å². The van der Waals surface area contributed by atoms with Gasteiger partial charge in [-0.05, 0) is 24.5 Å². The van der Waals surface area contributed by atoms with E-state index in [-0.39, 0.29) is 30.4 Å². The highest BCUT2D eigenvalue weighted by Crippen LogP contribution is 2.19. The number of halogens is 2. The maximum Gasteiger partial charge on any atom is 0.227 e. The molecule has 2 unspecified atom stereocenters. The molecule has 1 fully saturated rings. The lowest BCUT2D eigenvalue weighted by molar-refractivity contribution is -0.134. The first-order chi connectivity index (χ1) is 8.99. The third kappa shape index (κ3) is 3.10. The van der Waals surface area contributed by atoms with Gasteiger partial charge in [0.1, 0.15) is 11.6 Å². The second kappa shape index (κ2) is 5.65. The number of amides is 1. The highest BCUT2D eigenvalue weighted by atomic mass is 19.1. The van der Waals surface area contributed by atoms with Crippen molar-refractivity contribution in [2.45, 2.75) is 25.9 Å². The molecule has 0 aromatic heterocycles. The van der Waals surface area contributed by atoms with Crippen LogP contribution in [0.5, 0.6) is 0 Å². The molecule has 5 heteroatoms. The molecule has 1 aliphatic rings. The van der Waals surface area contributed by atoms with Crippen molar-refractivity contribution in [3.63, 3.8) is 0 Å². The molecule has 1 aromatic rings.